The van der Waals surface area contributed by atoms with E-state index in [4.69, 9.17) is 16.3 Å². The van der Waals surface area contributed by atoms with E-state index in [0.717, 1.165) is 30.8 Å². The van der Waals surface area contributed by atoms with Gasteiger partial charge in [0.25, 0.3) is 5.91 Å². The highest BCUT2D eigenvalue weighted by Gasteiger charge is 2.25. The molecule has 0 aliphatic carbocycles. The van der Waals surface area contributed by atoms with Gasteiger partial charge in [0.15, 0.2) is 0 Å². The van der Waals surface area contributed by atoms with Crippen LogP contribution in [-0.2, 0) is 0 Å². The monoisotopic (exact) mass is 395 g/mol. The fourth-order valence-electron chi connectivity index (χ4n) is 3.47. The number of rotatable bonds is 5. The average molecular weight is 396 g/mol. The van der Waals surface area contributed by atoms with Crippen molar-refractivity contribution in [3.8, 4) is 11.4 Å². The first kappa shape index (κ1) is 18.6. The molecule has 1 amide bonds. The van der Waals surface area contributed by atoms with E-state index in [0.29, 0.717) is 29.7 Å². The molecule has 5 nitrogen and oxygen atoms in total. The van der Waals surface area contributed by atoms with E-state index >= 15 is 0 Å². The van der Waals surface area contributed by atoms with Crippen LogP contribution in [0.2, 0.25) is 5.02 Å². The number of nitrogens with zero attached hydrogens (tertiary/aromatic N) is 3. The zero-order valence-corrected chi connectivity index (χ0v) is 16.3. The Hall–Kier alpha value is -2.79. The highest BCUT2D eigenvalue weighted by molar-refractivity contribution is 6.30. The van der Waals surface area contributed by atoms with Gasteiger partial charge in [-0.15, -0.1) is 0 Å². The molecule has 1 unspecified atom stereocenters. The van der Waals surface area contributed by atoms with Crippen molar-refractivity contribution < 1.29 is 9.53 Å². The van der Waals surface area contributed by atoms with E-state index in [-0.39, 0.29) is 5.91 Å². The van der Waals surface area contributed by atoms with E-state index in [9.17, 15) is 4.79 Å². The lowest BCUT2D eigenvalue weighted by molar-refractivity contribution is 0.0633. The molecule has 1 atom stereocenters. The molecule has 0 radical (unpaired) electrons. The summed E-state index contributed by atoms with van der Waals surface area (Å²) in [6, 6.07) is 17.2. The standard InChI is InChI=1S/C22H22ClN3O2/c23-19-8-10-20(11-9-19)26-15-18(13-24-26)22(27)25-12-4-5-17(14-25)16-28-21-6-2-1-3-7-21/h1-3,6-11,13,15,17H,4-5,12,14,16H2. The lowest BCUT2D eigenvalue weighted by Crippen LogP contribution is -2.41. The van der Waals surface area contributed by atoms with Crippen LogP contribution >= 0.6 is 11.6 Å². The first-order chi connectivity index (χ1) is 13.7. The number of carbonyl (C=O) groups is 1. The SMILES string of the molecule is O=C(c1cnn(-c2ccc(Cl)cc2)c1)N1CCCC(COc2ccccc2)C1. The number of piperidine rings is 1. The maximum atomic E-state index is 12.9. The van der Waals surface area contributed by atoms with Gasteiger partial charge >= 0.3 is 0 Å². The summed E-state index contributed by atoms with van der Waals surface area (Å²) in [6.07, 6.45) is 5.46. The summed E-state index contributed by atoms with van der Waals surface area (Å²) in [4.78, 5) is 14.8. The smallest absolute Gasteiger partial charge is 0.257 e. The molecular formula is C22H22ClN3O2. The Morgan fingerprint density at radius 1 is 1.14 bits per heavy atom. The molecule has 3 aromatic rings. The number of halogens is 1. The van der Waals surface area contributed by atoms with Crippen LogP contribution in [-0.4, -0.2) is 40.3 Å². The van der Waals surface area contributed by atoms with Gasteiger partial charge in [-0.25, -0.2) is 4.68 Å². The number of likely N-dealkylation sites (tertiary alicyclic amines) is 1. The second-order valence-corrected chi connectivity index (χ2v) is 7.47. The van der Waals surface area contributed by atoms with E-state index in [1.54, 1.807) is 17.1 Å². The Morgan fingerprint density at radius 3 is 2.71 bits per heavy atom. The van der Waals surface area contributed by atoms with Crippen LogP contribution < -0.4 is 4.74 Å². The van der Waals surface area contributed by atoms with Crippen LogP contribution in [0.3, 0.4) is 0 Å². The lowest BCUT2D eigenvalue weighted by Gasteiger charge is -2.32. The summed E-state index contributed by atoms with van der Waals surface area (Å²) < 4.78 is 7.58. The van der Waals surface area contributed by atoms with Gasteiger partial charge in [0.05, 0.1) is 24.1 Å². The van der Waals surface area contributed by atoms with Gasteiger partial charge in [-0.05, 0) is 49.2 Å². The maximum absolute atomic E-state index is 12.9. The van der Waals surface area contributed by atoms with Crippen molar-refractivity contribution in [3.63, 3.8) is 0 Å². The number of carbonyl (C=O) groups excluding carboxylic acids is 1. The first-order valence-corrected chi connectivity index (χ1v) is 9.84. The van der Waals surface area contributed by atoms with Crippen LogP contribution in [0.5, 0.6) is 5.75 Å². The molecule has 1 aromatic heterocycles. The van der Waals surface area contributed by atoms with Gasteiger partial charge < -0.3 is 9.64 Å². The fraction of sp³-hybridized carbons (Fsp3) is 0.273. The Morgan fingerprint density at radius 2 is 1.93 bits per heavy atom. The van der Waals surface area contributed by atoms with Gasteiger partial charge in [0.2, 0.25) is 0 Å². The zero-order chi connectivity index (χ0) is 19.3. The Balaban J connectivity index is 1.38. The van der Waals surface area contributed by atoms with E-state index < -0.39 is 0 Å². The second-order valence-electron chi connectivity index (χ2n) is 7.03. The molecule has 0 bridgehead atoms. The van der Waals surface area contributed by atoms with E-state index in [1.807, 2.05) is 59.5 Å². The molecule has 1 aliphatic heterocycles. The summed E-state index contributed by atoms with van der Waals surface area (Å²) in [6.45, 7) is 2.10. The molecule has 1 fully saturated rings. The molecule has 1 saturated heterocycles. The third-order valence-electron chi connectivity index (χ3n) is 4.96. The van der Waals surface area contributed by atoms with Crippen molar-refractivity contribution in [2.75, 3.05) is 19.7 Å². The van der Waals surface area contributed by atoms with E-state index in [1.165, 1.54) is 0 Å². The Kier molecular flexibility index (Phi) is 5.63. The normalized spacial score (nSPS) is 16.8. The Bertz CT molecular complexity index is 924. The third kappa shape index (κ3) is 4.37. The van der Waals surface area contributed by atoms with Crippen LogP contribution in [0, 0.1) is 5.92 Å². The minimum Gasteiger partial charge on any atom is -0.493 e. The average Bonchev–Trinajstić information content (AvgIpc) is 3.23. The minimum absolute atomic E-state index is 0.0182. The van der Waals surface area contributed by atoms with Gasteiger partial charge in [-0.1, -0.05) is 29.8 Å². The second kappa shape index (κ2) is 8.48. The van der Waals surface area contributed by atoms with Gasteiger partial charge in [0.1, 0.15) is 5.75 Å². The first-order valence-electron chi connectivity index (χ1n) is 9.47. The molecule has 0 saturated carbocycles. The van der Waals surface area contributed by atoms with Crippen LogP contribution in [0.25, 0.3) is 5.69 Å². The highest BCUT2D eigenvalue weighted by Crippen LogP contribution is 2.21. The summed E-state index contributed by atoms with van der Waals surface area (Å²) >= 11 is 5.93. The predicted octanol–water partition coefficient (Wildman–Crippen LogP) is 4.46. The summed E-state index contributed by atoms with van der Waals surface area (Å²) in [5, 5.41) is 5.00. The van der Waals surface area contributed by atoms with Crippen molar-refractivity contribution in [2.24, 2.45) is 5.92 Å². The zero-order valence-electron chi connectivity index (χ0n) is 15.5. The molecule has 0 spiro atoms. The summed E-state index contributed by atoms with van der Waals surface area (Å²) in [7, 11) is 0. The number of para-hydroxylation sites is 1. The molecule has 4 rings (SSSR count). The van der Waals surface area contributed by atoms with Crippen LogP contribution in [0.1, 0.15) is 23.2 Å². The fourth-order valence-corrected chi connectivity index (χ4v) is 3.59. The maximum Gasteiger partial charge on any atom is 0.257 e. The number of aromatic nitrogens is 2. The number of benzene rings is 2. The quantitative estimate of drug-likeness (QED) is 0.641. The number of hydrogen-bond donors (Lipinski definition) is 0. The van der Waals surface area contributed by atoms with E-state index in [2.05, 4.69) is 5.10 Å². The van der Waals surface area contributed by atoms with Crippen molar-refractivity contribution in [2.45, 2.75) is 12.8 Å². The predicted molar refractivity (Wildman–Crippen MR) is 109 cm³/mol. The van der Waals surface area contributed by atoms with Gasteiger partial charge in [0, 0.05) is 30.2 Å². The number of ether oxygens (including phenoxy) is 1. The molecule has 28 heavy (non-hydrogen) atoms. The summed E-state index contributed by atoms with van der Waals surface area (Å²) in [5.41, 5.74) is 1.47. The molecule has 144 valence electrons. The lowest BCUT2D eigenvalue weighted by atomic mass is 9.98. The molecule has 2 heterocycles. The third-order valence-corrected chi connectivity index (χ3v) is 5.21. The number of hydrogen-bond acceptors (Lipinski definition) is 3. The molecule has 1 aliphatic rings. The molecular weight excluding hydrogens is 374 g/mol. The molecule has 2 aromatic carbocycles. The molecule has 6 heteroatoms. The van der Waals surface area contributed by atoms with Gasteiger partial charge in [-0.3, -0.25) is 4.79 Å². The van der Waals surface area contributed by atoms with Crippen molar-refractivity contribution in [3.05, 3.63) is 77.6 Å². The topological polar surface area (TPSA) is 47.4 Å². The van der Waals surface area contributed by atoms with Gasteiger partial charge in [-0.2, -0.15) is 5.10 Å². The van der Waals surface area contributed by atoms with Crippen molar-refractivity contribution in [1.29, 1.82) is 0 Å². The Labute approximate surface area is 169 Å². The summed E-state index contributed by atoms with van der Waals surface area (Å²) in [5.74, 6) is 1.23. The van der Waals surface area contributed by atoms with Crippen molar-refractivity contribution in [1.82, 2.24) is 14.7 Å². The minimum atomic E-state index is 0.0182. The van der Waals surface area contributed by atoms with Crippen LogP contribution in [0.4, 0.5) is 0 Å². The number of amides is 1. The molecule has 0 N–H and O–H groups in total. The van der Waals surface area contributed by atoms with Crippen LogP contribution in [0.15, 0.2) is 67.0 Å². The highest BCUT2D eigenvalue weighted by atomic mass is 35.5. The largest absolute Gasteiger partial charge is 0.493 e. The van der Waals surface area contributed by atoms with Crippen molar-refractivity contribution >= 4 is 17.5 Å².